The Kier molecular flexibility index (Phi) is 90.9. The summed E-state index contributed by atoms with van der Waals surface area (Å²) in [6.07, 6.45) is 8.15. The van der Waals surface area contributed by atoms with Gasteiger partial charge in [-0.3, -0.25) is 0 Å². The Morgan fingerprint density at radius 2 is 0.362 bits per heavy atom. The Bertz CT molecular complexity index is 1800. The third-order valence-corrected chi connectivity index (χ3v) is 9.56. The molecule has 0 amide bonds. The minimum Gasteiger partial charge on any atom is -0.358 e. The molecule has 0 saturated heterocycles. The Hall–Kier alpha value is 6.36. The van der Waals surface area contributed by atoms with Crippen LogP contribution in [0.5, 0.6) is 0 Å². The summed E-state index contributed by atoms with van der Waals surface area (Å²) in [5.74, 6) is 0. The number of rotatable bonds is 0. The second kappa shape index (κ2) is 60.5. The van der Waals surface area contributed by atoms with Gasteiger partial charge in [-0.2, -0.15) is 0 Å². The molecular formula is C59H82Y10-4. The van der Waals surface area contributed by atoms with Crippen molar-refractivity contribution in [3.8, 4) is 44.5 Å². The normalized spacial score (nSPS) is 8.93. The first-order chi connectivity index (χ1) is 27.1. The average molecular weight is 1680 g/mol. The van der Waals surface area contributed by atoms with Gasteiger partial charge in [-0.25, -0.2) is 0 Å². The van der Waals surface area contributed by atoms with Crippen molar-refractivity contribution in [3.63, 3.8) is 0 Å². The quantitative estimate of drug-likeness (QED) is 0.133. The fourth-order valence-electron chi connectivity index (χ4n) is 7.71. The SMILES string of the molecule is CC.CC.CC.CCC.CCC.CCC.[CH3-].[CH3-].[CH3-].[CH3-].[Y].[Y].[Y].[Y].[Y].[Y].[Y].[Y].[Y].[Y].c1ccc2c(c1)Cc1c-2ccc2c1Cc1ccccc1-2.c1ccc2c(c1)Cc1c-2ccc2c1Cc1ccccc1-2. The van der Waals surface area contributed by atoms with Gasteiger partial charge < -0.3 is 29.7 Å². The molecule has 0 atom stereocenters. The summed E-state index contributed by atoms with van der Waals surface area (Å²) >= 11 is 0. The molecule has 6 aromatic carbocycles. The molecule has 0 aromatic heterocycles. The summed E-state index contributed by atoms with van der Waals surface area (Å²) in [7, 11) is 0. The Labute approximate surface area is 680 Å². The molecule has 4 aliphatic carbocycles. The summed E-state index contributed by atoms with van der Waals surface area (Å²) in [5.41, 5.74) is 23.7. The van der Waals surface area contributed by atoms with Crippen molar-refractivity contribution in [2.75, 3.05) is 0 Å². The maximum Gasteiger partial charge on any atom is 0 e. The molecular weight excluding hydrogens is 1600 g/mol. The monoisotopic (exact) mass is 1680 g/mol. The summed E-state index contributed by atoms with van der Waals surface area (Å²) in [6, 6.07) is 44.6. The van der Waals surface area contributed by atoms with E-state index in [4.69, 9.17) is 0 Å². The fourth-order valence-corrected chi connectivity index (χ4v) is 7.71. The first-order valence-electron chi connectivity index (χ1n) is 21.7. The largest absolute Gasteiger partial charge is 0.358 e. The summed E-state index contributed by atoms with van der Waals surface area (Å²) in [6.45, 7) is 24.8. The zero-order chi connectivity index (χ0) is 40.3. The van der Waals surface area contributed by atoms with Gasteiger partial charge in [0.05, 0.1) is 0 Å². The summed E-state index contributed by atoms with van der Waals surface area (Å²) in [4.78, 5) is 0. The van der Waals surface area contributed by atoms with Crippen LogP contribution in [0.1, 0.15) is 147 Å². The van der Waals surface area contributed by atoms with Gasteiger partial charge in [-0.15, -0.1) is 0 Å². The zero-order valence-electron chi connectivity index (χ0n) is 46.3. The smallest absolute Gasteiger partial charge is 0 e. The molecule has 10 heteroatoms. The molecule has 69 heavy (non-hydrogen) atoms. The van der Waals surface area contributed by atoms with Crippen LogP contribution in [0.25, 0.3) is 44.5 Å². The van der Waals surface area contributed by atoms with Crippen molar-refractivity contribution < 1.29 is 327 Å². The maximum atomic E-state index is 2.32. The van der Waals surface area contributed by atoms with Crippen molar-refractivity contribution in [1.29, 1.82) is 0 Å². The second-order valence-electron chi connectivity index (χ2n) is 13.7. The fraction of sp³-hybridized carbons (Fsp3) is 0.322. The van der Waals surface area contributed by atoms with E-state index in [1.54, 1.807) is 22.3 Å². The number of hydrogen-bond acceptors (Lipinski definition) is 0. The molecule has 6 aromatic rings. The predicted octanol–water partition coefficient (Wildman–Crippen LogP) is 18.8. The van der Waals surface area contributed by atoms with Gasteiger partial charge in [-0.1, -0.05) is 224 Å². The molecule has 352 valence electrons. The number of fused-ring (bicyclic) bond motifs is 14. The van der Waals surface area contributed by atoms with Crippen molar-refractivity contribution >= 4 is 0 Å². The van der Waals surface area contributed by atoms with Gasteiger partial charge in [0.2, 0.25) is 0 Å². The first kappa shape index (κ1) is 104. The van der Waals surface area contributed by atoms with Gasteiger partial charge in [-0.05, 0) is 115 Å². The third-order valence-electron chi connectivity index (χ3n) is 9.56. The van der Waals surface area contributed by atoms with Crippen LogP contribution < -0.4 is 0 Å². The van der Waals surface area contributed by atoms with E-state index in [1.165, 1.54) is 86.0 Å². The molecule has 0 N–H and O–H groups in total. The molecule has 0 nitrogen and oxygen atoms in total. The Balaban J connectivity index is -0.0000000636. The van der Waals surface area contributed by atoms with E-state index in [0.29, 0.717) is 0 Å². The van der Waals surface area contributed by atoms with Crippen LogP contribution in [0.2, 0.25) is 0 Å². The second-order valence-corrected chi connectivity index (χ2v) is 13.7. The van der Waals surface area contributed by atoms with Gasteiger partial charge in [0.25, 0.3) is 0 Å². The van der Waals surface area contributed by atoms with Crippen LogP contribution in [0.15, 0.2) is 121 Å². The van der Waals surface area contributed by atoms with E-state index < -0.39 is 0 Å². The topological polar surface area (TPSA) is 0 Å². The number of benzene rings is 6. The molecule has 0 bridgehead atoms. The standard InChI is InChI=1S/2C20H14.3C3H8.3C2H6.4CH3.10Y/c2*1-3-7-15-13(5-1)11-19-17(15)9-10-18-16-8-4-2-6-14(16)12-20(18)19;3*1-3-2;3*1-2;;;;;;;;;;;;;;/h2*1-10H,11-12H2;3*3H2,1-2H3;3*1-2H3;4*1H3;;;;;;;;;;/q;;;;;;;;4*-1;;;;;;;;;;. The van der Waals surface area contributed by atoms with Gasteiger partial charge in [0, 0.05) is 327 Å². The molecule has 10 radical (unpaired) electrons. The summed E-state index contributed by atoms with van der Waals surface area (Å²) in [5, 5.41) is 0. The minimum atomic E-state index is 0. The van der Waals surface area contributed by atoms with Gasteiger partial charge in [0.1, 0.15) is 0 Å². The van der Waals surface area contributed by atoms with Gasteiger partial charge in [0.15, 0.2) is 0 Å². The molecule has 0 aliphatic heterocycles. The minimum absolute atomic E-state index is 0. The van der Waals surface area contributed by atoms with Crippen molar-refractivity contribution in [2.24, 2.45) is 0 Å². The average Bonchev–Trinajstić information content (AvgIpc) is 4.01. The third kappa shape index (κ3) is 28.8. The first-order valence-corrected chi connectivity index (χ1v) is 21.7. The van der Waals surface area contributed by atoms with Gasteiger partial charge >= 0.3 is 0 Å². The predicted molar refractivity (Wildman–Crippen MR) is 273 cm³/mol. The number of hydrogen-bond donors (Lipinski definition) is 0. The van der Waals surface area contributed by atoms with Crippen LogP contribution in [-0.2, 0) is 353 Å². The van der Waals surface area contributed by atoms with Crippen LogP contribution in [-0.4, -0.2) is 0 Å². The molecule has 0 unspecified atom stereocenters. The molecule has 4 aliphatic rings. The van der Waals surface area contributed by atoms with Crippen molar-refractivity contribution in [2.45, 2.75) is 128 Å². The Morgan fingerprint density at radius 3 is 0.507 bits per heavy atom. The van der Waals surface area contributed by atoms with E-state index >= 15 is 0 Å². The van der Waals surface area contributed by atoms with E-state index in [1.807, 2.05) is 41.5 Å². The van der Waals surface area contributed by atoms with Crippen molar-refractivity contribution in [1.82, 2.24) is 0 Å². The molecule has 10 rings (SSSR count). The zero-order valence-corrected chi connectivity index (χ0v) is 74.7. The van der Waals surface area contributed by atoms with Crippen LogP contribution in [0.3, 0.4) is 0 Å². The van der Waals surface area contributed by atoms with E-state index in [0.717, 1.165) is 25.7 Å². The molecule has 0 saturated carbocycles. The molecule has 0 spiro atoms. The van der Waals surface area contributed by atoms with Crippen molar-refractivity contribution in [3.05, 3.63) is 196 Å². The maximum absolute atomic E-state index is 2.32. The summed E-state index contributed by atoms with van der Waals surface area (Å²) < 4.78 is 0. The van der Waals surface area contributed by atoms with Crippen LogP contribution >= 0.6 is 0 Å². The van der Waals surface area contributed by atoms with E-state index in [9.17, 15) is 0 Å². The van der Waals surface area contributed by atoms with Crippen LogP contribution in [0.4, 0.5) is 0 Å². The molecule has 0 fully saturated rings. The molecule has 0 heterocycles. The van der Waals surface area contributed by atoms with E-state index in [-0.39, 0.29) is 357 Å². The van der Waals surface area contributed by atoms with E-state index in [2.05, 4.69) is 163 Å². The van der Waals surface area contributed by atoms with Crippen LogP contribution in [0, 0.1) is 29.7 Å². The Morgan fingerprint density at radius 1 is 0.232 bits per heavy atom.